The first kappa shape index (κ1) is 25.6. The minimum Gasteiger partial charge on any atom is -0.394 e. The van der Waals surface area contributed by atoms with Crippen molar-refractivity contribution in [1.29, 1.82) is 0 Å². The highest BCUT2D eigenvalue weighted by Crippen LogP contribution is 2.31. The SMILES string of the molecule is CC/C(C)=C/NC.Cc1nc(C2CCNC2)nc(-c2ccc(N(C)C(F)(F)F)cc2)c1C. The van der Waals surface area contributed by atoms with Crippen molar-refractivity contribution in [3.63, 3.8) is 0 Å². The van der Waals surface area contributed by atoms with Gasteiger partial charge in [0.25, 0.3) is 0 Å². The average molecular weight is 450 g/mol. The number of halogens is 3. The largest absolute Gasteiger partial charge is 0.484 e. The van der Waals surface area contributed by atoms with Crippen LogP contribution in [0.15, 0.2) is 36.0 Å². The molecular formula is C24H34F3N5. The van der Waals surface area contributed by atoms with Crippen molar-refractivity contribution in [2.75, 3.05) is 32.1 Å². The van der Waals surface area contributed by atoms with Gasteiger partial charge >= 0.3 is 6.30 Å². The molecule has 0 saturated carbocycles. The molecule has 2 heterocycles. The van der Waals surface area contributed by atoms with Crippen LogP contribution in [-0.2, 0) is 0 Å². The fourth-order valence-corrected chi connectivity index (χ4v) is 3.33. The minimum absolute atomic E-state index is 0.0971. The molecule has 8 heteroatoms. The van der Waals surface area contributed by atoms with Crippen molar-refractivity contribution >= 4 is 5.69 Å². The molecule has 0 spiro atoms. The van der Waals surface area contributed by atoms with Crippen LogP contribution in [0.4, 0.5) is 18.9 Å². The maximum Gasteiger partial charge on any atom is 0.484 e. The normalized spacial score (nSPS) is 16.4. The fourth-order valence-electron chi connectivity index (χ4n) is 3.33. The highest BCUT2D eigenvalue weighted by Gasteiger charge is 2.34. The number of nitrogens with one attached hydrogen (secondary N) is 2. The molecule has 1 aliphatic rings. The topological polar surface area (TPSA) is 53.1 Å². The van der Waals surface area contributed by atoms with Gasteiger partial charge in [-0.3, -0.25) is 4.90 Å². The molecule has 1 aliphatic heterocycles. The van der Waals surface area contributed by atoms with Gasteiger partial charge in [-0.2, -0.15) is 13.2 Å². The van der Waals surface area contributed by atoms with Crippen molar-refractivity contribution < 1.29 is 13.2 Å². The van der Waals surface area contributed by atoms with Crippen molar-refractivity contribution in [2.24, 2.45) is 0 Å². The van der Waals surface area contributed by atoms with E-state index in [-0.39, 0.29) is 11.6 Å². The van der Waals surface area contributed by atoms with Gasteiger partial charge in [0.05, 0.1) is 5.69 Å². The van der Waals surface area contributed by atoms with Gasteiger partial charge in [0.2, 0.25) is 0 Å². The van der Waals surface area contributed by atoms with Crippen LogP contribution in [0.1, 0.15) is 49.7 Å². The smallest absolute Gasteiger partial charge is 0.394 e. The van der Waals surface area contributed by atoms with Gasteiger partial charge in [-0.1, -0.05) is 24.6 Å². The average Bonchev–Trinajstić information content (AvgIpc) is 3.30. The van der Waals surface area contributed by atoms with E-state index in [4.69, 9.17) is 4.98 Å². The fraction of sp³-hybridized carbons (Fsp3) is 0.500. The summed E-state index contributed by atoms with van der Waals surface area (Å²) in [5.41, 5.74) is 4.93. The highest BCUT2D eigenvalue weighted by molar-refractivity contribution is 5.66. The standard InChI is InChI=1S/C18H21F3N4.C6H13N/c1-11-12(2)23-17(14-8-9-22-10-14)24-16(11)13-4-6-15(7-5-13)25(3)18(19,20)21;1-4-6(2)5-7-3/h4-7,14,22H,8-10H2,1-3H3;5,7H,4H2,1-3H3/b;6-5+. The third-order valence-electron chi connectivity index (χ3n) is 5.69. The molecule has 1 saturated heterocycles. The zero-order valence-electron chi connectivity index (χ0n) is 19.8. The molecule has 2 N–H and O–H groups in total. The molecule has 1 aromatic carbocycles. The first-order valence-electron chi connectivity index (χ1n) is 10.9. The number of aromatic nitrogens is 2. The Morgan fingerprint density at radius 2 is 1.88 bits per heavy atom. The second kappa shape index (κ2) is 11.3. The molecule has 2 aromatic rings. The second-order valence-electron chi connectivity index (χ2n) is 8.04. The lowest BCUT2D eigenvalue weighted by Gasteiger charge is -2.22. The molecule has 0 amide bonds. The van der Waals surface area contributed by atoms with Crippen LogP contribution in [0.2, 0.25) is 0 Å². The Balaban J connectivity index is 0.000000451. The molecule has 1 unspecified atom stereocenters. The highest BCUT2D eigenvalue weighted by atomic mass is 19.4. The van der Waals surface area contributed by atoms with E-state index in [0.717, 1.165) is 61.3 Å². The molecule has 1 fully saturated rings. The summed E-state index contributed by atoms with van der Waals surface area (Å²) in [5, 5.41) is 6.26. The summed E-state index contributed by atoms with van der Waals surface area (Å²) in [7, 11) is 2.93. The van der Waals surface area contributed by atoms with E-state index in [1.807, 2.05) is 27.1 Å². The Kier molecular flexibility index (Phi) is 9.07. The molecule has 0 bridgehead atoms. The van der Waals surface area contributed by atoms with Gasteiger partial charge < -0.3 is 10.6 Å². The number of hydrogen-bond donors (Lipinski definition) is 2. The van der Waals surface area contributed by atoms with Gasteiger partial charge in [-0.25, -0.2) is 9.97 Å². The van der Waals surface area contributed by atoms with Gasteiger partial charge in [0.1, 0.15) is 5.82 Å². The van der Waals surface area contributed by atoms with Gasteiger partial charge in [-0.15, -0.1) is 0 Å². The zero-order chi connectivity index (χ0) is 23.9. The van der Waals surface area contributed by atoms with Gasteiger partial charge in [-0.05, 0) is 64.1 Å². The second-order valence-corrected chi connectivity index (χ2v) is 8.04. The van der Waals surface area contributed by atoms with E-state index in [1.54, 1.807) is 12.1 Å². The van der Waals surface area contributed by atoms with E-state index in [9.17, 15) is 13.2 Å². The van der Waals surface area contributed by atoms with Crippen LogP contribution in [0, 0.1) is 13.8 Å². The summed E-state index contributed by atoms with van der Waals surface area (Å²) in [6.07, 6.45) is -0.246. The molecule has 0 aliphatic carbocycles. The Labute approximate surface area is 189 Å². The monoisotopic (exact) mass is 449 g/mol. The number of alkyl halides is 3. The van der Waals surface area contributed by atoms with Gasteiger partial charge in [0.15, 0.2) is 0 Å². The van der Waals surface area contributed by atoms with Crippen LogP contribution in [0.25, 0.3) is 11.3 Å². The Morgan fingerprint density at radius 1 is 1.22 bits per heavy atom. The summed E-state index contributed by atoms with van der Waals surface area (Å²) in [4.78, 5) is 9.63. The third-order valence-corrected chi connectivity index (χ3v) is 5.69. The Bertz CT molecular complexity index is 901. The van der Waals surface area contributed by atoms with Crippen molar-refractivity contribution in [3.8, 4) is 11.3 Å². The molecule has 0 radical (unpaired) electrons. The maximum absolute atomic E-state index is 12.8. The number of benzene rings is 1. The predicted octanol–water partition coefficient (Wildman–Crippen LogP) is 5.31. The molecule has 3 rings (SSSR count). The minimum atomic E-state index is -4.40. The number of anilines is 1. The van der Waals surface area contributed by atoms with Crippen LogP contribution < -0.4 is 15.5 Å². The first-order valence-corrected chi connectivity index (χ1v) is 10.9. The first-order chi connectivity index (χ1) is 15.1. The molecule has 1 aromatic heterocycles. The molecule has 176 valence electrons. The molecule has 32 heavy (non-hydrogen) atoms. The lowest BCUT2D eigenvalue weighted by molar-refractivity contribution is -0.125. The quantitative estimate of drug-likeness (QED) is 0.606. The Hall–Kier alpha value is -2.61. The molecule has 5 nitrogen and oxygen atoms in total. The third kappa shape index (κ3) is 6.69. The van der Waals surface area contributed by atoms with Crippen molar-refractivity contribution in [2.45, 2.75) is 52.8 Å². The predicted molar refractivity (Wildman–Crippen MR) is 125 cm³/mol. The van der Waals surface area contributed by atoms with Crippen molar-refractivity contribution in [3.05, 3.63) is 53.1 Å². The van der Waals surface area contributed by atoms with E-state index < -0.39 is 6.30 Å². The maximum atomic E-state index is 12.8. The van der Waals surface area contributed by atoms with Crippen LogP contribution >= 0.6 is 0 Å². The zero-order valence-corrected chi connectivity index (χ0v) is 19.8. The Morgan fingerprint density at radius 3 is 2.34 bits per heavy atom. The van der Waals surface area contributed by atoms with Crippen LogP contribution in [0.3, 0.4) is 0 Å². The lowest BCUT2D eigenvalue weighted by Crippen LogP contribution is -2.33. The number of rotatable bonds is 5. The van der Waals surface area contributed by atoms with Crippen molar-refractivity contribution in [1.82, 2.24) is 20.6 Å². The van der Waals surface area contributed by atoms with E-state index in [1.165, 1.54) is 17.7 Å². The summed E-state index contributed by atoms with van der Waals surface area (Å²) in [5.74, 6) is 1.09. The number of nitrogens with zero attached hydrogens (tertiary/aromatic N) is 3. The molecule has 1 atom stereocenters. The lowest BCUT2D eigenvalue weighted by atomic mass is 10.0. The van der Waals surface area contributed by atoms with Gasteiger partial charge in [0, 0.05) is 43.5 Å². The summed E-state index contributed by atoms with van der Waals surface area (Å²) < 4.78 is 38.4. The number of allylic oxidation sites excluding steroid dienone is 1. The van der Waals surface area contributed by atoms with E-state index in [0.29, 0.717) is 4.90 Å². The number of hydrogen-bond acceptors (Lipinski definition) is 5. The summed E-state index contributed by atoms with van der Waals surface area (Å²) >= 11 is 0. The summed E-state index contributed by atoms with van der Waals surface area (Å²) in [6, 6.07) is 6.30. The van der Waals surface area contributed by atoms with E-state index >= 15 is 0 Å². The number of aryl methyl sites for hydroxylation is 1. The summed E-state index contributed by atoms with van der Waals surface area (Å²) in [6.45, 7) is 9.95. The van der Waals surface area contributed by atoms with Crippen LogP contribution in [0.5, 0.6) is 0 Å². The van der Waals surface area contributed by atoms with Crippen LogP contribution in [-0.4, -0.2) is 43.5 Å². The van der Waals surface area contributed by atoms with E-state index in [2.05, 4.69) is 29.5 Å². The molecular weight excluding hydrogens is 415 g/mol.